The largest absolute Gasteiger partial charge is 0.422 e. The maximum absolute atomic E-state index is 12.2. The number of esters is 2. The fourth-order valence-corrected chi connectivity index (χ4v) is 1.70. The van der Waals surface area contributed by atoms with Crippen molar-refractivity contribution in [1.29, 1.82) is 0 Å². The maximum atomic E-state index is 12.2. The van der Waals surface area contributed by atoms with Crippen LogP contribution in [0.5, 0.6) is 11.5 Å². The molecule has 7 nitrogen and oxygen atoms in total. The van der Waals surface area contributed by atoms with Gasteiger partial charge in [-0.25, -0.2) is 0 Å². The van der Waals surface area contributed by atoms with Crippen LogP contribution in [0.3, 0.4) is 0 Å². The Kier molecular flexibility index (Phi) is 8.47. The van der Waals surface area contributed by atoms with Gasteiger partial charge in [0.15, 0.2) is 11.5 Å². The lowest BCUT2D eigenvalue weighted by Crippen LogP contribution is -2.38. The molecule has 152 valence electrons. The Morgan fingerprint density at radius 3 is 1.78 bits per heavy atom. The zero-order valence-electron chi connectivity index (χ0n) is 16.6. The smallest absolute Gasteiger partial charge is 0.316 e. The number of hydrogen-bond acceptors (Lipinski definition) is 6. The molecule has 0 saturated carbocycles. The molecule has 1 aromatic carbocycles. The van der Waals surface area contributed by atoms with Crippen LogP contribution in [-0.4, -0.2) is 23.9 Å². The number of halogens is 1. The van der Waals surface area contributed by atoms with E-state index in [9.17, 15) is 14.4 Å². The van der Waals surface area contributed by atoms with E-state index in [1.165, 1.54) is 12.1 Å². The Bertz CT molecular complexity index is 705. The molecular formula is C19H29ClN2O5. The van der Waals surface area contributed by atoms with Crippen molar-refractivity contribution >= 4 is 30.3 Å². The molecule has 0 bridgehead atoms. The van der Waals surface area contributed by atoms with E-state index in [2.05, 4.69) is 0 Å². The molecule has 1 aromatic rings. The van der Waals surface area contributed by atoms with E-state index >= 15 is 0 Å². The molecule has 0 aliphatic heterocycles. The van der Waals surface area contributed by atoms with Crippen molar-refractivity contribution in [2.75, 3.05) is 0 Å². The third kappa shape index (κ3) is 7.56. The van der Waals surface area contributed by atoms with Crippen LogP contribution in [0, 0.1) is 10.8 Å². The Balaban J connectivity index is 0.00000676. The molecule has 8 heteroatoms. The first-order valence-corrected chi connectivity index (χ1v) is 8.34. The van der Waals surface area contributed by atoms with E-state index in [0.29, 0.717) is 5.56 Å². The molecule has 0 aliphatic rings. The van der Waals surface area contributed by atoms with Gasteiger partial charge in [-0.15, -0.1) is 12.4 Å². The topological polar surface area (TPSA) is 122 Å². The number of amides is 1. The van der Waals surface area contributed by atoms with E-state index in [4.69, 9.17) is 20.9 Å². The maximum Gasteiger partial charge on any atom is 0.316 e. The van der Waals surface area contributed by atoms with Crippen molar-refractivity contribution in [2.45, 2.75) is 54.0 Å². The van der Waals surface area contributed by atoms with Crippen molar-refractivity contribution < 1.29 is 23.9 Å². The summed E-state index contributed by atoms with van der Waals surface area (Å²) in [7, 11) is 0. The predicted molar refractivity (Wildman–Crippen MR) is 105 cm³/mol. The van der Waals surface area contributed by atoms with E-state index in [0.717, 1.165) is 0 Å². The number of rotatable bonds is 5. The molecule has 0 fully saturated rings. The van der Waals surface area contributed by atoms with E-state index in [1.54, 1.807) is 47.6 Å². The molecule has 0 aliphatic carbocycles. The Hall–Kier alpha value is -2.12. The molecule has 1 atom stereocenters. The average Bonchev–Trinajstić information content (AvgIpc) is 2.47. The number of carbonyl (C=O) groups is 3. The highest BCUT2D eigenvalue weighted by atomic mass is 35.5. The normalized spacial score (nSPS) is 12.6. The van der Waals surface area contributed by atoms with Crippen molar-refractivity contribution in [3.05, 3.63) is 23.8 Å². The highest BCUT2D eigenvalue weighted by Gasteiger charge is 2.28. The number of ether oxygens (including phenoxy) is 2. The molecule has 1 rings (SSSR count). The molecule has 1 amide bonds. The number of primary amides is 1. The lowest BCUT2D eigenvalue weighted by molar-refractivity contribution is -0.145. The van der Waals surface area contributed by atoms with Crippen LogP contribution in [-0.2, 0) is 20.8 Å². The number of nitrogens with two attached hydrogens (primary N) is 2. The summed E-state index contributed by atoms with van der Waals surface area (Å²) in [5.41, 5.74) is 10.0. The quantitative estimate of drug-likeness (QED) is 0.577. The van der Waals surface area contributed by atoms with E-state index in [-0.39, 0.29) is 30.3 Å². The first kappa shape index (κ1) is 24.9. The third-order valence-electron chi connectivity index (χ3n) is 3.46. The molecule has 0 saturated heterocycles. The van der Waals surface area contributed by atoms with Gasteiger partial charge in [-0.1, -0.05) is 6.07 Å². The molecule has 0 unspecified atom stereocenters. The highest BCUT2D eigenvalue weighted by molar-refractivity contribution is 5.85. The van der Waals surface area contributed by atoms with Gasteiger partial charge in [-0.3, -0.25) is 14.4 Å². The lowest BCUT2D eigenvalue weighted by Gasteiger charge is -2.21. The van der Waals surface area contributed by atoms with Crippen molar-refractivity contribution in [2.24, 2.45) is 22.3 Å². The summed E-state index contributed by atoms with van der Waals surface area (Å²) in [6.07, 6.45) is 0.170. The van der Waals surface area contributed by atoms with Crippen LogP contribution >= 0.6 is 12.4 Å². The Morgan fingerprint density at radius 1 is 0.926 bits per heavy atom. The second-order valence-corrected chi connectivity index (χ2v) is 8.27. The van der Waals surface area contributed by atoms with Crippen LogP contribution in [0.4, 0.5) is 0 Å². The molecule has 0 heterocycles. The summed E-state index contributed by atoms with van der Waals surface area (Å²) >= 11 is 0. The van der Waals surface area contributed by atoms with Gasteiger partial charge in [0.05, 0.1) is 16.9 Å². The summed E-state index contributed by atoms with van der Waals surface area (Å²) in [5, 5.41) is 0. The second-order valence-electron chi connectivity index (χ2n) is 8.27. The van der Waals surface area contributed by atoms with Gasteiger partial charge in [0.1, 0.15) is 0 Å². The average molecular weight is 401 g/mol. The Morgan fingerprint density at radius 2 is 1.37 bits per heavy atom. The molecule has 0 aromatic heterocycles. The number of hydrogen-bond donors (Lipinski definition) is 2. The lowest BCUT2D eigenvalue weighted by atomic mass is 9.97. The van der Waals surface area contributed by atoms with Crippen LogP contribution in [0.25, 0.3) is 0 Å². The van der Waals surface area contributed by atoms with Crippen molar-refractivity contribution in [3.63, 3.8) is 0 Å². The van der Waals surface area contributed by atoms with E-state index in [1.807, 2.05) is 0 Å². The van der Waals surface area contributed by atoms with Crippen LogP contribution < -0.4 is 20.9 Å². The van der Waals surface area contributed by atoms with Gasteiger partial charge in [0.2, 0.25) is 5.91 Å². The fourth-order valence-electron chi connectivity index (χ4n) is 1.70. The van der Waals surface area contributed by atoms with Crippen molar-refractivity contribution in [3.8, 4) is 11.5 Å². The minimum Gasteiger partial charge on any atom is -0.422 e. The summed E-state index contributed by atoms with van der Waals surface area (Å²) < 4.78 is 10.8. The van der Waals surface area contributed by atoms with Gasteiger partial charge in [0.25, 0.3) is 0 Å². The molecule has 4 N–H and O–H groups in total. The molecule has 0 radical (unpaired) electrons. The third-order valence-corrected chi connectivity index (χ3v) is 3.46. The number of carbonyl (C=O) groups excluding carboxylic acids is 3. The first-order chi connectivity index (χ1) is 11.7. The molecule has 0 spiro atoms. The zero-order chi connectivity index (χ0) is 20.3. The monoisotopic (exact) mass is 400 g/mol. The molecule has 27 heavy (non-hydrogen) atoms. The minimum absolute atomic E-state index is 0. The summed E-state index contributed by atoms with van der Waals surface area (Å²) in [6, 6.07) is 3.81. The van der Waals surface area contributed by atoms with E-state index < -0.39 is 34.7 Å². The van der Waals surface area contributed by atoms with Gasteiger partial charge >= 0.3 is 11.9 Å². The summed E-state index contributed by atoms with van der Waals surface area (Å²) in [4.78, 5) is 35.6. The van der Waals surface area contributed by atoms with Gasteiger partial charge in [0, 0.05) is 0 Å². The zero-order valence-corrected chi connectivity index (χ0v) is 17.4. The first-order valence-electron chi connectivity index (χ1n) is 8.34. The summed E-state index contributed by atoms with van der Waals surface area (Å²) in [5.74, 6) is -1.37. The number of benzene rings is 1. The Labute approximate surface area is 166 Å². The SMILES string of the molecule is CC(C)(C)C(=O)Oc1ccc(C[C@H](N)C(N)=O)cc1OC(=O)C(C)(C)C.Cl. The van der Waals surface area contributed by atoms with Gasteiger partial charge in [-0.05, 0) is 65.7 Å². The fraction of sp³-hybridized carbons (Fsp3) is 0.526. The summed E-state index contributed by atoms with van der Waals surface area (Å²) in [6.45, 7) is 10.3. The second kappa shape index (κ2) is 9.19. The van der Waals surface area contributed by atoms with Crippen LogP contribution in [0.1, 0.15) is 47.1 Å². The molecular weight excluding hydrogens is 372 g/mol. The van der Waals surface area contributed by atoms with Gasteiger partial charge < -0.3 is 20.9 Å². The van der Waals surface area contributed by atoms with Crippen molar-refractivity contribution in [1.82, 2.24) is 0 Å². The predicted octanol–water partition coefficient (Wildman–Crippen LogP) is 2.37. The highest BCUT2D eigenvalue weighted by Crippen LogP contribution is 2.32. The minimum atomic E-state index is -0.871. The van der Waals surface area contributed by atoms with Crippen LogP contribution in [0.15, 0.2) is 18.2 Å². The van der Waals surface area contributed by atoms with Crippen LogP contribution in [0.2, 0.25) is 0 Å². The standard InChI is InChI=1S/C19H28N2O5.ClH/c1-18(2,3)16(23)25-13-8-7-11(9-12(20)15(21)22)10-14(13)26-17(24)19(4,5)6;/h7-8,10,12H,9,20H2,1-6H3,(H2,21,22);1H/t12-;/m0./s1. The van der Waals surface area contributed by atoms with Gasteiger partial charge in [-0.2, -0.15) is 0 Å².